The molecule has 1 aliphatic heterocycles. The Hall–Kier alpha value is -3.16. The molecule has 8 heteroatoms. The molecule has 0 amide bonds. The summed E-state index contributed by atoms with van der Waals surface area (Å²) in [5, 5.41) is 4.48. The number of fused-ring (bicyclic) bond motifs is 1. The van der Waals surface area contributed by atoms with Gasteiger partial charge in [0.2, 0.25) is 0 Å². The second kappa shape index (κ2) is 10.8. The molecule has 0 fully saturated rings. The van der Waals surface area contributed by atoms with Crippen molar-refractivity contribution in [2.45, 2.75) is 12.5 Å². The van der Waals surface area contributed by atoms with Gasteiger partial charge >= 0.3 is 0 Å². The summed E-state index contributed by atoms with van der Waals surface area (Å²) >= 11 is 12.2. The Morgan fingerprint density at radius 2 is 1.59 bits per heavy atom. The van der Waals surface area contributed by atoms with Crippen LogP contribution in [0.4, 0.5) is 5.69 Å². The lowest BCUT2D eigenvalue weighted by Crippen LogP contribution is -2.44. The number of methoxy groups -OCH3 is 3. The first-order valence-corrected chi connectivity index (χ1v) is 11.7. The molecule has 178 valence electrons. The first-order chi connectivity index (χ1) is 16.5. The fourth-order valence-electron chi connectivity index (χ4n) is 4.11. The van der Waals surface area contributed by atoms with E-state index in [9.17, 15) is 0 Å². The van der Waals surface area contributed by atoms with Crippen molar-refractivity contribution in [2.75, 3.05) is 39.8 Å². The van der Waals surface area contributed by atoms with Crippen molar-refractivity contribution in [1.29, 1.82) is 0 Å². The van der Waals surface area contributed by atoms with Crippen LogP contribution in [0.15, 0.2) is 60.7 Å². The number of nitrogens with zero attached hydrogens (tertiary/aromatic N) is 1. The van der Waals surface area contributed by atoms with Crippen LogP contribution >= 0.6 is 23.8 Å². The molecule has 0 saturated carbocycles. The van der Waals surface area contributed by atoms with Crippen molar-refractivity contribution in [1.82, 2.24) is 4.90 Å². The fraction of sp³-hybridized carbons (Fsp3) is 0.269. The molecular weight excluding hydrogens is 472 g/mol. The molecule has 0 bridgehead atoms. The van der Waals surface area contributed by atoms with E-state index >= 15 is 0 Å². The highest BCUT2D eigenvalue weighted by Crippen LogP contribution is 2.39. The van der Waals surface area contributed by atoms with Crippen molar-refractivity contribution >= 4 is 34.6 Å². The van der Waals surface area contributed by atoms with Crippen molar-refractivity contribution in [3.63, 3.8) is 0 Å². The molecular formula is C26H27ClN2O4S. The Labute approximate surface area is 210 Å². The van der Waals surface area contributed by atoms with Gasteiger partial charge in [0.05, 0.1) is 38.1 Å². The van der Waals surface area contributed by atoms with Gasteiger partial charge in [-0.2, -0.15) is 0 Å². The lowest BCUT2D eigenvalue weighted by molar-refractivity contribution is 0.185. The molecule has 0 saturated heterocycles. The molecule has 1 heterocycles. The molecule has 4 rings (SSSR count). The number of hydrogen-bond donors (Lipinski definition) is 1. The van der Waals surface area contributed by atoms with Gasteiger partial charge < -0.3 is 29.2 Å². The summed E-state index contributed by atoms with van der Waals surface area (Å²) in [6, 6.07) is 19.0. The average Bonchev–Trinajstić information content (AvgIpc) is 2.87. The van der Waals surface area contributed by atoms with Gasteiger partial charge in [0.1, 0.15) is 6.61 Å². The van der Waals surface area contributed by atoms with E-state index in [1.807, 2.05) is 60.7 Å². The summed E-state index contributed by atoms with van der Waals surface area (Å²) in [6.07, 6.45) is 0.797. The Morgan fingerprint density at radius 3 is 2.29 bits per heavy atom. The summed E-state index contributed by atoms with van der Waals surface area (Å²) in [5.74, 6) is 2.71. The number of nitrogens with one attached hydrogen (secondary N) is 1. The van der Waals surface area contributed by atoms with E-state index in [-0.39, 0.29) is 6.04 Å². The third kappa shape index (κ3) is 5.00. The van der Waals surface area contributed by atoms with Crippen LogP contribution in [0.5, 0.6) is 23.0 Å². The van der Waals surface area contributed by atoms with Gasteiger partial charge in [-0.25, -0.2) is 0 Å². The Morgan fingerprint density at radius 1 is 0.941 bits per heavy atom. The van der Waals surface area contributed by atoms with Crippen LogP contribution in [0.25, 0.3) is 0 Å². The van der Waals surface area contributed by atoms with Gasteiger partial charge in [0.25, 0.3) is 0 Å². The van der Waals surface area contributed by atoms with Crippen LogP contribution in [0, 0.1) is 0 Å². The van der Waals surface area contributed by atoms with E-state index in [0.717, 1.165) is 17.7 Å². The molecule has 0 aliphatic carbocycles. The predicted octanol–water partition coefficient (Wildman–Crippen LogP) is 5.74. The Bertz CT molecular complexity index is 1170. The first-order valence-electron chi connectivity index (χ1n) is 10.9. The average molecular weight is 499 g/mol. The molecule has 3 aromatic rings. The van der Waals surface area contributed by atoms with E-state index < -0.39 is 0 Å². The summed E-state index contributed by atoms with van der Waals surface area (Å²) in [4.78, 5) is 2.13. The molecule has 0 radical (unpaired) electrons. The Balaban J connectivity index is 1.67. The van der Waals surface area contributed by atoms with Gasteiger partial charge in [0.15, 0.2) is 28.1 Å². The van der Waals surface area contributed by atoms with E-state index in [2.05, 4.69) is 10.2 Å². The van der Waals surface area contributed by atoms with Gasteiger partial charge in [-0.1, -0.05) is 35.9 Å². The predicted molar refractivity (Wildman–Crippen MR) is 139 cm³/mol. The maximum absolute atomic E-state index is 6.36. The van der Waals surface area contributed by atoms with E-state index in [1.165, 1.54) is 5.56 Å². The number of benzene rings is 3. The molecule has 0 aromatic heterocycles. The maximum Gasteiger partial charge on any atom is 0.174 e. The zero-order chi connectivity index (χ0) is 24.1. The van der Waals surface area contributed by atoms with E-state index in [1.54, 1.807) is 21.3 Å². The molecule has 3 aromatic carbocycles. The number of ether oxygens (including phenoxy) is 4. The zero-order valence-electron chi connectivity index (χ0n) is 19.3. The third-order valence-electron chi connectivity index (χ3n) is 5.84. The van der Waals surface area contributed by atoms with Crippen LogP contribution in [0.1, 0.15) is 17.2 Å². The smallest absolute Gasteiger partial charge is 0.174 e. The molecule has 34 heavy (non-hydrogen) atoms. The number of anilines is 1. The number of thiocarbonyl (C=S) groups is 1. The second-order valence-corrected chi connectivity index (χ2v) is 8.53. The van der Waals surface area contributed by atoms with Gasteiger partial charge in [0, 0.05) is 6.54 Å². The van der Waals surface area contributed by atoms with Crippen molar-refractivity contribution in [3.8, 4) is 23.0 Å². The standard InChI is InChI=1S/C26H27ClN2O4S/c1-30-22-10-6-7-11-23(22)33-16-21-18-15-25(32-3)24(31-2)14-17(18)12-13-29(21)26(34)28-20-9-5-4-8-19(20)27/h4-11,14-15,21H,12-13,16H2,1-3H3,(H,28,34)/t21-/m1/s1. The highest BCUT2D eigenvalue weighted by atomic mass is 35.5. The molecule has 1 atom stereocenters. The zero-order valence-corrected chi connectivity index (χ0v) is 20.9. The minimum atomic E-state index is -0.170. The number of halogens is 1. The van der Waals surface area contributed by atoms with E-state index in [0.29, 0.717) is 46.3 Å². The van der Waals surface area contributed by atoms with Crippen LogP contribution in [0.3, 0.4) is 0 Å². The summed E-state index contributed by atoms with van der Waals surface area (Å²) < 4.78 is 22.8. The topological polar surface area (TPSA) is 52.2 Å². The highest BCUT2D eigenvalue weighted by molar-refractivity contribution is 7.80. The van der Waals surface area contributed by atoms with Crippen molar-refractivity contribution in [3.05, 3.63) is 76.8 Å². The minimum absolute atomic E-state index is 0.170. The third-order valence-corrected chi connectivity index (χ3v) is 6.51. The minimum Gasteiger partial charge on any atom is -0.493 e. The molecule has 0 spiro atoms. The number of para-hydroxylation sites is 3. The summed E-state index contributed by atoms with van der Waals surface area (Å²) in [5.41, 5.74) is 3.00. The largest absolute Gasteiger partial charge is 0.493 e. The lowest BCUT2D eigenvalue weighted by atomic mass is 9.92. The second-order valence-electron chi connectivity index (χ2n) is 7.74. The number of rotatable bonds is 7. The van der Waals surface area contributed by atoms with E-state index in [4.69, 9.17) is 42.8 Å². The molecule has 1 aliphatic rings. The quantitative estimate of drug-likeness (QED) is 0.417. The number of hydrogen-bond acceptors (Lipinski definition) is 5. The monoisotopic (exact) mass is 498 g/mol. The van der Waals surface area contributed by atoms with Gasteiger partial charge in [-0.3, -0.25) is 0 Å². The summed E-state index contributed by atoms with van der Waals surface area (Å²) in [7, 11) is 4.91. The lowest BCUT2D eigenvalue weighted by Gasteiger charge is -2.39. The van der Waals surface area contributed by atoms with Crippen LogP contribution in [-0.4, -0.2) is 44.5 Å². The maximum atomic E-state index is 6.36. The first kappa shape index (κ1) is 24.0. The van der Waals surface area contributed by atoms with Gasteiger partial charge in [-0.05, 0) is 66.2 Å². The SMILES string of the molecule is COc1cc2c(cc1OC)[C@@H](COc1ccccc1OC)N(C(=S)Nc1ccccc1Cl)CC2. The normalized spacial score (nSPS) is 14.7. The van der Waals surface area contributed by atoms with Crippen molar-refractivity contribution < 1.29 is 18.9 Å². The van der Waals surface area contributed by atoms with Crippen LogP contribution in [-0.2, 0) is 6.42 Å². The van der Waals surface area contributed by atoms with Crippen LogP contribution in [0.2, 0.25) is 5.02 Å². The van der Waals surface area contributed by atoms with Gasteiger partial charge in [-0.15, -0.1) is 0 Å². The Kier molecular flexibility index (Phi) is 7.65. The molecule has 0 unspecified atom stereocenters. The molecule has 1 N–H and O–H groups in total. The van der Waals surface area contributed by atoms with Crippen LogP contribution < -0.4 is 24.3 Å². The molecule has 6 nitrogen and oxygen atoms in total. The highest BCUT2D eigenvalue weighted by Gasteiger charge is 2.32. The summed E-state index contributed by atoms with van der Waals surface area (Å²) in [6.45, 7) is 1.06. The van der Waals surface area contributed by atoms with Crippen molar-refractivity contribution in [2.24, 2.45) is 0 Å². The fourth-order valence-corrected chi connectivity index (χ4v) is 4.62.